The van der Waals surface area contributed by atoms with E-state index in [9.17, 15) is 18.0 Å². The van der Waals surface area contributed by atoms with E-state index >= 15 is 0 Å². The van der Waals surface area contributed by atoms with Gasteiger partial charge >= 0.3 is 6.18 Å². The molecule has 7 heteroatoms. The molecule has 0 unspecified atom stereocenters. The molecule has 20 heavy (non-hydrogen) atoms. The third-order valence-electron chi connectivity index (χ3n) is 2.48. The van der Waals surface area contributed by atoms with Gasteiger partial charge in [-0.3, -0.25) is 4.79 Å². The molecule has 0 aliphatic heterocycles. The van der Waals surface area contributed by atoms with E-state index in [2.05, 4.69) is 10.3 Å². The van der Waals surface area contributed by atoms with Gasteiger partial charge in [0.2, 0.25) is 0 Å². The second-order valence-corrected chi connectivity index (χ2v) is 4.20. The molecule has 0 saturated carbocycles. The number of carbonyl (C=O) groups excluding carboxylic acids is 1. The van der Waals surface area contributed by atoms with Crippen LogP contribution in [-0.4, -0.2) is 10.9 Å². The Morgan fingerprint density at radius 3 is 2.40 bits per heavy atom. The molecule has 2 aromatic rings. The average Bonchev–Trinajstić information content (AvgIpc) is 2.40. The Balaban J connectivity index is 2.37. The lowest BCUT2D eigenvalue weighted by molar-refractivity contribution is -0.137. The molecular formula is C13H8ClF3N2O. The minimum absolute atomic E-state index is 0.223. The van der Waals surface area contributed by atoms with Crippen molar-refractivity contribution in [3.05, 3.63) is 58.9 Å². The molecule has 1 amide bonds. The van der Waals surface area contributed by atoms with Crippen molar-refractivity contribution in [3.8, 4) is 0 Å². The number of rotatable bonds is 2. The Morgan fingerprint density at radius 1 is 1.15 bits per heavy atom. The maximum Gasteiger partial charge on any atom is 0.418 e. The van der Waals surface area contributed by atoms with Crippen molar-refractivity contribution in [1.29, 1.82) is 0 Å². The first-order chi connectivity index (χ1) is 9.39. The fraction of sp³-hybridized carbons (Fsp3) is 0.0769. The van der Waals surface area contributed by atoms with E-state index in [-0.39, 0.29) is 5.56 Å². The van der Waals surface area contributed by atoms with Crippen LogP contribution in [0, 0.1) is 0 Å². The minimum Gasteiger partial charge on any atom is -0.319 e. The number of benzene rings is 1. The van der Waals surface area contributed by atoms with Crippen LogP contribution in [-0.2, 0) is 6.18 Å². The summed E-state index contributed by atoms with van der Waals surface area (Å²) in [7, 11) is 0. The fourth-order valence-electron chi connectivity index (χ4n) is 1.57. The predicted octanol–water partition coefficient (Wildman–Crippen LogP) is 4.01. The highest BCUT2D eigenvalue weighted by Crippen LogP contribution is 2.37. The summed E-state index contributed by atoms with van der Waals surface area (Å²) >= 11 is 5.64. The summed E-state index contributed by atoms with van der Waals surface area (Å²) in [4.78, 5) is 15.4. The second-order valence-electron chi connectivity index (χ2n) is 3.84. The molecule has 0 aliphatic carbocycles. The third kappa shape index (κ3) is 3.08. The van der Waals surface area contributed by atoms with E-state index in [4.69, 9.17) is 11.6 Å². The van der Waals surface area contributed by atoms with Crippen molar-refractivity contribution in [2.75, 3.05) is 5.32 Å². The van der Waals surface area contributed by atoms with E-state index in [1.165, 1.54) is 12.1 Å². The Bertz CT molecular complexity index is 629. The maximum absolute atomic E-state index is 12.8. The van der Waals surface area contributed by atoms with Crippen LogP contribution < -0.4 is 5.32 Å². The summed E-state index contributed by atoms with van der Waals surface area (Å²) in [6.07, 6.45) is -3.70. The quantitative estimate of drug-likeness (QED) is 0.852. The van der Waals surface area contributed by atoms with Crippen LogP contribution in [0.2, 0.25) is 5.15 Å². The zero-order chi connectivity index (χ0) is 14.8. The molecular weight excluding hydrogens is 293 g/mol. The lowest BCUT2D eigenvalue weighted by Crippen LogP contribution is -2.17. The van der Waals surface area contributed by atoms with Gasteiger partial charge in [-0.2, -0.15) is 13.2 Å². The Kier molecular flexibility index (Phi) is 3.94. The summed E-state index contributed by atoms with van der Waals surface area (Å²) in [5, 5.41) is 1.74. The lowest BCUT2D eigenvalue weighted by atomic mass is 10.2. The standard InChI is InChI=1S/C13H8ClF3N2O/c14-11-10(9(6-7-18-11)13(15,16)17)19-12(20)8-4-2-1-3-5-8/h1-7H,(H,19,20). The van der Waals surface area contributed by atoms with Gasteiger partial charge in [-0.25, -0.2) is 4.98 Å². The molecule has 1 N–H and O–H groups in total. The molecule has 104 valence electrons. The van der Waals surface area contributed by atoms with Gasteiger partial charge in [0, 0.05) is 11.8 Å². The fourth-order valence-corrected chi connectivity index (χ4v) is 1.77. The van der Waals surface area contributed by atoms with Crippen LogP contribution >= 0.6 is 11.6 Å². The number of carbonyl (C=O) groups is 1. The van der Waals surface area contributed by atoms with Crippen molar-refractivity contribution in [2.45, 2.75) is 6.18 Å². The van der Waals surface area contributed by atoms with Gasteiger partial charge in [-0.15, -0.1) is 0 Å². The molecule has 0 atom stereocenters. The largest absolute Gasteiger partial charge is 0.418 e. The molecule has 0 saturated heterocycles. The van der Waals surface area contributed by atoms with E-state index in [1.807, 2.05) is 0 Å². The van der Waals surface area contributed by atoms with Crippen LogP contribution in [0.25, 0.3) is 0 Å². The summed E-state index contributed by atoms with van der Waals surface area (Å²) in [6.45, 7) is 0. The maximum atomic E-state index is 12.8. The van der Waals surface area contributed by atoms with Gasteiger partial charge in [0.05, 0.1) is 11.3 Å². The predicted molar refractivity (Wildman–Crippen MR) is 68.6 cm³/mol. The molecule has 1 aromatic carbocycles. The molecule has 0 aliphatic rings. The zero-order valence-corrected chi connectivity index (χ0v) is 10.7. The van der Waals surface area contributed by atoms with Crippen molar-refractivity contribution >= 4 is 23.2 Å². The van der Waals surface area contributed by atoms with Gasteiger partial charge in [0.1, 0.15) is 0 Å². The summed E-state index contributed by atoms with van der Waals surface area (Å²) in [5.74, 6) is -0.689. The van der Waals surface area contributed by atoms with Crippen LogP contribution in [0.3, 0.4) is 0 Å². The molecule has 0 bridgehead atoms. The number of amides is 1. The van der Waals surface area contributed by atoms with Crippen LogP contribution in [0.4, 0.5) is 18.9 Å². The Hall–Kier alpha value is -2.08. The number of aromatic nitrogens is 1. The zero-order valence-electron chi connectivity index (χ0n) is 9.91. The van der Waals surface area contributed by atoms with Crippen molar-refractivity contribution in [2.24, 2.45) is 0 Å². The summed E-state index contributed by atoms with van der Waals surface area (Å²) in [5.41, 5.74) is -1.36. The van der Waals surface area contributed by atoms with Gasteiger partial charge in [0.25, 0.3) is 5.91 Å². The SMILES string of the molecule is O=C(Nc1c(C(F)(F)F)ccnc1Cl)c1ccccc1. The van der Waals surface area contributed by atoms with Gasteiger partial charge in [-0.05, 0) is 18.2 Å². The number of pyridine rings is 1. The lowest BCUT2D eigenvalue weighted by Gasteiger charge is -2.14. The van der Waals surface area contributed by atoms with Crippen LogP contribution in [0.15, 0.2) is 42.6 Å². The van der Waals surface area contributed by atoms with Crippen LogP contribution in [0.1, 0.15) is 15.9 Å². The molecule has 1 aromatic heterocycles. The number of anilines is 1. The van der Waals surface area contributed by atoms with E-state index in [0.717, 1.165) is 12.3 Å². The highest BCUT2D eigenvalue weighted by Gasteiger charge is 2.35. The number of hydrogen-bond donors (Lipinski definition) is 1. The molecule has 3 nitrogen and oxygen atoms in total. The van der Waals surface area contributed by atoms with Gasteiger partial charge in [0.15, 0.2) is 5.15 Å². The van der Waals surface area contributed by atoms with Crippen LogP contribution in [0.5, 0.6) is 0 Å². The number of halogens is 4. The highest BCUT2D eigenvalue weighted by atomic mass is 35.5. The molecule has 0 spiro atoms. The average molecular weight is 301 g/mol. The Labute approximate surface area is 117 Å². The van der Waals surface area contributed by atoms with E-state index < -0.39 is 28.5 Å². The van der Waals surface area contributed by atoms with E-state index in [0.29, 0.717) is 0 Å². The molecule has 0 radical (unpaired) electrons. The summed E-state index contributed by atoms with van der Waals surface area (Å²) < 4.78 is 38.5. The minimum atomic E-state index is -4.63. The Morgan fingerprint density at radius 2 is 1.80 bits per heavy atom. The monoisotopic (exact) mass is 300 g/mol. The van der Waals surface area contributed by atoms with Crippen molar-refractivity contribution in [1.82, 2.24) is 4.98 Å². The topological polar surface area (TPSA) is 42.0 Å². The number of nitrogens with one attached hydrogen (secondary N) is 1. The smallest absolute Gasteiger partial charge is 0.319 e. The second kappa shape index (κ2) is 5.50. The van der Waals surface area contributed by atoms with Gasteiger partial charge in [-0.1, -0.05) is 29.8 Å². The number of alkyl halides is 3. The molecule has 2 rings (SSSR count). The first-order valence-corrected chi connectivity index (χ1v) is 5.85. The first kappa shape index (κ1) is 14.3. The highest BCUT2D eigenvalue weighted by molar-refractivity contribution is 6.33. The summed E-state index contributed by atoms with van der Waals surface area (Å²) in [6, 6.07) is 8.61. The van der Waals surface area contributed by atoms with E-state index in [1.54, 1.807) is 18.2 Å². The van der Waals surface area contributed by atoms with Gasteiger partial charge < -0.3 is 5.32 Å². The van der Waals surface area contributed by atoms with Crippen molar-refractivity contribution in [3.63, 3.8) is 0 Å². The molecule has 1 heterocycles. The molecule has 0 fully saturated rings. The number of hydrogen-bond acceptors (Lipinski definition) is 2. The first-order valence-electron chi connectivity index (χ1n) is 5.47. The third-order valence-corrected chi connectivity index (χ3v) is 2.77. The van der Waals surface area contributed by atoms with Crippen molar-refractivity contribution < 1.29 is 18.0 Å². The normalized spacial score (nSPS) is 11.2. The number of nitrogens with zero attached hydrogens (tertiary/aromatic N) is 1.